The topological polar surface area (TPSA) is 64.2 Å². The summed E-state index contributed by atoms with van der Waals surface area (Å²) in [7, 11) is 1.51. The Morgan fingerprint density at radius 2 is 2.00 bits per heavy atom. The van der Waals surface area contributed by atoms with Crippen LogP contribution in [-0.4, -0.2) is 23.4 Å². The first kappa shape index (κ1) is 13.9. The van der Waals surface area contributed by atoms with Crippen molar-refractivity contribution in [3.8, 4) is 11.8 Å². The molecule has 0 unspecified atom stereocenters. The number of benzene rings is 1. The van der Waals surface area contributed by atoms with E-state index >= 15 is 0 Å². The van der Waals surface area contributed by atoms with Crippen molar-refractivity contribution in [3.05, 3.63) is 30.0 Å². The highest BCUT2D eigenvalue weighted by Gasteiger charge is 2.20. The van der Waals surface area contributed by atoms with Crippen LogP contribution in [0.5, 0.6) is 5.75 Å². The molecule has 0 aliphatic rings. The van der Waals surface area contributed by atoms with Gasteiger partial charge in [0.25, 0.3) is 0 Å². The number of fused-ring (bicyclic) bond motifs is 1. The number of ether oxygens (including phenoxy) is 2. The quantitative estimate of drug-likeness (QED) is 0.799. The molecule has 0 fully saturated rings. The van der Waals surface area contributed by atoms with E-state index in [1.165, 1.54) is 11.7 Å². The van der Waals surface area contributed by atoms with Gasteiger partial charge in [-0.2, -0.15) is 5.26 Å². The summed E-state index contributed by atoms with van der Waals surface area (Å²) in [5.41, 5.74) is 0.460. The predicted molar refractivity (Wildman–Crippen MR) is 74.8 cm³/mol. The highest BCUT2D eigenvalue weighted by Crippen LogP contribution is 2.28. The van der Waals surface area contributed by atoms with Gasteiger partial charge >= 0.3 is 6.09 Å². The number of carbonyl (C=O) groups is 1. The third-order valence-corrected chi connectivity index (χ3v) is 2.76. The Hall–Kier alpha value is -2.48. The molecule has 1 aromatic heterocycles. The highest BCUT2D eigenvalue weighted by atomic mass is 16.6. The maximum Gasteiger partial charge on any atom is 0.418 e. The maximum absolute atomic E-state index is 12.1. The van der Waals surface area contributed by atoms with Crippen molar-refractivity contribution in [2.24, 2.45) is 0 Å². The number of hydrogen-bond donors (Lipinski definition) is 0. The fourth-order valence-corrected chi connectivity index (χ4v) is 1.95. The molecule has 0 aliphatic carbocycles. The minimum atomic E-state index is -0.571. The summed E-state index contributed by atoms with van der Waals surface area (Å²) in [6, 6.07) is 7.21. The molecule has 2 aromatic rings. The molecule has 0 atom stereocenters. The van der Waals surface area contributed by atoms with Crippen LogP contribution < -0.4 is 4.74 Å². The first-order valence-corrected chi connectivity index (χ1v) is 6.19. The number of hydrogen-bond acceptors (Lipinski definition) is 4. The Morgan fingerprint density at radius 1 is 1.30 bits per heavy atom. The molecule has 0 bridgehead atoms. The molecule has 5 heteroatoms. The fraction of sp³-hybridized carbons (Fsp3) is 0.333. The van der Waals surface area contributed by atoms with Gasteiger partial charge < -0.3 is 9.47 Å². The average molecular weight is 272 g/mol. The van der Waals surface area contributed by atoms with Crippen molar-refractivity contribution in [2.75, 3.05) is 7.11 Å². The maximum atomic E-state index is 12.1. The van der Waals surface area contributed by atoms with Crippen molar-refractivity contribution in [2.45, 2.75) is 26.4 Å². The van der Waals surface area contributed by atoms with Gasteiger partial charge in [0.15, 0.2) is 0 Å². The lowest BCUT2D eigenvalue weighted by Crippen LogP contribution is -2.26. The molecule has 0 amide bonds. The van der Waals surface area contributed by atoms with Gasteiger partial charge in [-0.15, -0.1) is 0 Å². The average Bonchev–Trinajstić information content (AvgIpc) is 2.79. The second-order valence-electron chi connectivity index (χ2n) is 5.35. The van der Waals surface area contributed by atoms with Crippen molar-refractivity contribution >= 4 is 17.0 Å². The third kappa shape index (κ3) is 2.45. The van der Waals surface area contributed by atoms with E-state index < -0.39 is 11.7 Å². The number of nitrogens with zero attached hydrogens (tertiary/aromatic N) is 2. The zero-order chi connectivity index (χ0) is 14.9. The van der Waals surface area contributed by atoms with Crippen LogP contribution in [0.4, 0.5) is 4.79 Å². The second kappa shape index (κ2) is 4.89. The minimum Gasteiger partial charge on any atom is -0.495 e. The highest BCUT2D eigenvalue weighted by molar-refractivity contribution is 5.94. The summed E-state index contributed by atoms with van der Waals surface area (Å²) >= 11 is 0. The van der Waals surface area contributed by atoms with Gasteiger partial charge in [-0.1, -0.05) is 0 Å². The van der Waals surface area contributed by atoms with Gasteiger partial charge in [-0.05, 0) is 39.0 Å². The van der Waals surface area contributed by atoms with Crippen LogP contribution in [0.25, 0.3) is 10.9 Å². The Morgan fingerprint density at radius 3 is 2.55 bits per heavy atom. The summed E-state index contributed by atoms with van der Waals surface area (Å²) in [6.45, 7) is 5.42. The number of rotatable bonds is 1. The fourth-order valence-electron chi connectivity index (χ4n) is 1.95. The SMILES string of the molecule is COc1ccc2c(ccn2C(=O)OC(C)(C)C)c1C#N. The largest absolute Gasteiger partial charge is 0.495 e. The molecule has 1 heterocycles. The summed E-state index contributed by atoms with van der Waals surface area (Å²) in [5.74, 6) is 0.488. The zero-order valence-corrected chi connectivity index (χ0v) is 11.9. The minimum absolute atomic E-state index is 0.410. The Kier molecular flexibility index (Phi) is 3.41. The first-order valence-electron chi connectivity index (χ1n) is 6.19. The Labute approximate surface area is 117 Å². The second-order valence-corrected chi connectivity index (χ2v) is 5.35. The number of carbonyl (C=O) groups excluding carboxylic acids is 1. The van der Waals surface area contributed by atoms with Crippen molar-refractivity contribution in [1.29, 1.82) is 5.26 Å². The van der Waals surface area contributed by atoms with E-state index in [1.807, 2.05) is 0 Å². The van der Waals surface area contributed by atoms with Crippen LogP contribution in [0, 0.1) is 11.3 Å². The molecule has 1 aromatic carbocycles. The number of methoxy groups -OCH3 is 1. The lowest BCUT2D eigenvalue weighted by atomic mass is 10.1. The summed E-state index contributed by atoms with van der Waals surface area (Å²) < 4.78 is 11.9. The third-order valence-electron chi connectivity index (χ3n) is 2.76. The summed E-state index contributed by atoms with van der Waals surface area (Å²) in [4.78, 5) is 12.1. The van der Waals surface area contributed by atoms with Gasteiger partial charge in [0.05, 0.1) is 12.6 Å². The molecule has 5 nitrogen and oxygen atoms in total. The lowest BCUT2D eigenvalue weighted by Gasteiger charge is -2.19. The van der Waals surface area contributed by atoms with Crippen LogP contribution in [0.1, 0.15) is 26.3 Å². The molecule has 2 rings (SSSR count). The van der Waals surface area contributed by atoms with E-state index in [1.54, 1.807) is 45.2 Å². The van der Waals surface area contributed by atoms with Crippen LogP contribution in [0.2, 0.25) is 0 Å². The monoisotopic (exact) mass is 272 g/mol. The van der Waals surface area contributed by atoms with E-state index in [0.717, 1.165) is 0 Å². The molecule has 20 heavy (non-hydrogen) atoms. The van der Waals surface area contributed by atoms with Gasteiger partial charge in [0.2, 0.25) is 0 Å². The number of nitriles is 1. The lowest BCUT2D eigenvalue weighted by molar-refractivity contribution is 0.0544. The van der Waals surface area contributed by atoms with E-state index in [2.05, 4.69) is 6.07 Å². The zero-order valence-electron chi connectivity index (χ0n) is 11.9. The smallest absolute Gasteiger partial charge is 0.418 e. The van der Waals surface area contributed by atoms with Crippen molar-refractivity contribution < 1.29 is 14.3 Å². The molecule has 0 saturated carbocycles. The predicted octanol–water partition coefficient (Wildman–Crippen LogP) is 3.30. The van der Waals surface area contributed by atoms with Crippen LogP contribution in [0.15, 0.2) is 24.4 Å². The van der Waals surface area contributed by atoms with E-state index in [9.17, 15) is 10.1 Å². The molecule has 0 spiro atoms. The van der Waals surface area contributed by atoms with Crippen molar-refractivity contribution in [3.63, 3.8) is 0 Å². The van der Waals surface area contributed by atoms with Crippen LogP contribution in [0.3, 0.4) is 0 Å². The Bertz CT molecular complexity index is 702. The standard InChI is InChI=1S/C15H16N2O3/c1-15(2,3)20-14(18)17-8-7-10-11(9-16)13(19-4)6-5-12(10)17/h5-8H,1-4H3. The summed E-state index contributed by atoms with van der Waals surface area (Å²) in [6.07, 6.45) is 1.13. The normalized spacial score (nSPS) is 11.2. The molecule has 0 aliphatic heterocycles. The van der Waals surface area contributed by atoms with Gasteiger partial charge in [0.1, 0.15) is 23.0 Å². The summed E-state index contributed by atoms with van der Waals surface area (Å²) in [5, 5.41) is 9.89. The molecule has 0 radical (unpaired) electrons. The van der Waals surface area contributed by atoms with E-state index in [4.69, 9.17) is 9.47 Å². The molecule has 0 N–H and O–H groups in total. The number of aromatic nitrogens is 1. The van der Waals surface area contributed by atoms with E-state index in [0.29, 0.717) is 22.2 Å². The van der Waals surface area contributed by atoms with Crippen LogP contribution in [-0.2, 0) is 4.74 Å². The first-order chi connectivity index (χ1) is 9.37. The van der Waals surface area contributed by atoms with Crippen LogP contribution >= 0.6 is 0 Å². The molecular formula is C15H16N2O3. The Balaban J connectivity index is 2.54. The molecular weight excluding hydrogens is 256 g/mol. The molecule has 0 saturated heterocycles. The van der Waals surface area contributed by atoms with E-state index in [-0.39, 0.29) is 0 Å². The van der Waals surface area contributed by atoms with Gasteiger partial charge in [-0.25, -0.2) is 4.79 Å². The van der Waals surface area contributed by atoms with Crippen molar-refractivity contribution in [1.82, 2.24) is 4.57 Å². The molecule has 104 valence electrons. The van der Waals surface area contributed by atoms with Gasteiger partial charge in [-0.3, -0.25) is 4.57 Å². The van der Waals surface area contributed by atoms with Gasteiger partial charge in [0, 0.05) is 11.6 Å².